The molecule has 3 nitrogen and oxygen atoms in total. The molecular weight excluding hydrogens is 272 g/mol. The minimum Gasteiger partial charge on any atom is -0.330 e. The van der Waals surface area contributed by atoms with Gasteiger partial charge in [-0.2, -0.15) is 0 Å². The van der Waals surface area contributed by atoms with Gasteiger partial charge in [-0.15, -0.1) is 12.4 Å². The first-order valence-corrected chi connectivity index (χ1v) is 7.34. The summed E-state index contributed by atoms with van der Waals surface area (Å²) < 4.78 is 0. The molecule has 1 heterocycles. The zero-order valence-corrected chi connectivity index (χ0v) is 13.0. The highest BCUT2D eigenvalue weighted by Crippen LogP contribution is 2.32. The van der Waals surface area contributed by atoms with E-state index in [0.29, 0.717) is 12.5 Å². The number of benzene rings is 1. The second-order valence-electron chi connectivity index (χ2n) is 5.40. The van der Waals surface area contributed by atoms with Gasteiger partial charge in [0.25, 0.3) is 0 Å². The Kier molecular flexibility index (Phi) is 7.03. The number of unbranched alkanes of at least 4 members (excludes halogenated alkanes) is 3. The van der Waals surface area contributed by atoms with Gasteiger partial charge in [-0.1, -0.05) is 31.0 Å². The first-order chi connectivity index (χ1) is 9.24. The number of hydrogen-bond acceptors (Lipinski definition) is 2. The molecule has 0 saturated carbocycles. The summed E-state index contributed by atoms with van der Waals surface area (Å²) in [7, 11) is 0. The van der Waals surface area contributed by atoms with Crippen LogP contribution in [0.25, 0.3) is 0 Å². The number of hydrogen-bond donors (Lipinski definition) is 1. The van der Waals surface area contributed by atoms with Gasteiger partial charge in [-0.3, -0.25) is 4.79 Å². The lowest BCUT2D eigenvalue weighted by molar-refractivity contribution is -0.119. The van der Waals surface area contributed by atoms with Crippen molar-refractivity contribution in [1.82, 2.24) is 0 Å². The van der Waals surface area contributed by atoms with Gasteiger partial charge in [-0.05, 0) is 44.4 Å². The van der Waals surface area contributed by atoms with Gasteiger partial charge in [-0.25, -0.2) is 0 Å². The number of nitrogens with two attached hydrogens (primary N) is 1. The van der Waals surface area contributed by atoms with Gasteiger partial charge in [0.05, 0.1) is 0 Å². The van der Waals surface area contributed by atoms with Crippen molar-refractivity contribution in [2.75, 3.05) is 11.4 Å². The van der Waals surface area contributed by atoms with Gasteiger partial charge < -0.3 is 10.6 Å². The van der Waals surface area contributed by atoms with E-state index in [0.717, 1.165) is 44.3 Å². The van der Waals surface area contributed by atoms with Crippen LogP contribution in [0.2, 0.25) is 0 Å². The number of rotatable bonds is 6. The van der Waals surface area contributed by atoms with E-state index in [-0.39, 0.29) is 18.3 Å². The van der Waals surface area contributed by atoms with Crippen molar-refractivity contribution in [3.05, 3.63) is 29.8 Å². The first-order valence-electron chi connectivity index (χ1n) is 7.34. The number of amides is 1. The summed E-state index contributed by atoms with van der Waals surface area (Å²) in [6.07, 6.45) is 5.92. The van der Waals surface area contributed by atoms with Crippen LogP contribution in [0.3, 0.4) is 0 Å². The highest BCUT2D eigenvalue weighted by atomic mass is 35.5. The summed E-state index contributed by atoms with van der Waals surface area (Å²) in [5.41, 5.74) is 7.88. The van der Waals surface area contributed by atoms with Crippen molar-refractivity contribution >= 4 is 24.0 Å². The van der Waals surface area contributed by atoms with Crippen molar-refractivity contribution < 1.29 is 4.79 Å². The number of carbonyl (C=O) groups is 1. The summed E-state index contributed by atoms with van der Waals surface area (Å²) in [6, 6.07) is 8.55. The van der Waals surface area contributed by atoms with Crippen molar-refractivity contribution in [2.45, 2.75) is 51.5 Å². The quantitative estimate of drug-likeness (QED) is 0.819. The number of halogens is 1. The monoisotopic (exact) mass is 296 g/mol. The number of carbonyl (C=O) groups excluding carboxylic acids is 1. The lowest BCUT2D eigenvalue weighted by Gasteiger charge is -2.22. The normalized spacial score (nSPS) is 16.7. The predicted octanol–water partition coefficient (Wildman–Crippen LogP) is 3.30. The molecule has 1 atom stereocenters. The largest absolute Gasteiger partial charge is 0.330 e. The third-order valence-corrected chi connectivity index (χ3v) is 3.82. The molecule has 0 spiro atoms. The molecule has 1 aromatic rings. The second kappa shape index (κ2) is 8.28. The van der Waals surface area contributed by atoms with E-state index >= 15 is 0 Å². The summed E-state index contributed by atoms with van der Waals surface area (Å²) in [5.74, 6) is 0.269. The van der Waals surface area contributed by atoms with E-state index in [1.165, 1.54) is 5.56 Å². The van der Waals surface area contributed by atoms with E-state index in [1.54, 1.807) is 0 Å². The molecule has 0 saturated heterocycles. The van der Waals surface area contributed by atoms with Gasteiger partial charge >= 0.3 is 0 Å². The maximum Gasteiger partial charge on any atom is 0.227 e. The maximum atomic E-state index is 12.4. The number of nitrogens with zero attached hydrogens (tertiary/aromatic N) is 1. The summed E-state index contributed by atoms with van der Waals surface area (Å²) in [6.45, 7) is 2.89. The van der Waals surface area contributed by atoms with Crippen molar-refractivity contribution in [3.8, 4) is 0 Å². The molecule has 4 heteroatoms. The summed E-state index contributed by atoms with van der Waals surface area (Å²) in [5, 5.41) is 0. The van der Waals surface area contributed by atoms with E-state index < -0.39 is 0 Å². The first kappa shape index (κ1) is 17.0. The zero-order valence-electron chi connectivity index (χ0n) is 12.2. The Morgan fingerprint density at radius 1 is 1.25 bits per heavy atom. The topological polar surface area (TPSA) is 46.3 Å². The molecule has 2 N–H and O–H groups in total. The maximum absolute atomic E-state index is 12.4. The van der Waals surface area contributed by atoms with E-state index in [1.807, 2.05) is 17.0 Å². The van der Waals surface area contributed by atoms with Crippen LogP contribution in [0.5, 0.6) is 0 Å². The Balaban J connectivity index is 0.00000200. The van der Waals surface area contributed by atoms with Crippen LogP contribution >= 0.6 is 12.4 Å². The van der Waals surface area contributed by atoms with Crippen LogP contribution in [0.15, 0.2) is 24.3 Å². The lowest BCUT2D eigenvalue weighted by atomic mass is 10.1. The van der Waals surface area contributed by atoms with Crippen LogP contribution in [0, 0.1) is 0 Å². The van der Waals surface area contributed by atoms with Crippen LogP contribution in [-0.4, -0.2) is 18.5 Å². The van der Waals surface area contributed by atoms with Crippen LogP contribution < -0.4 is 10.6 Å². The molecule has 0 radical (unpaired) electrons. The number of para-hydroxylation sites is 1. The fraction of sp³-hybridized carbons (Fsp3) is 0.562. The standard InChI is InChI=1S/C16H24N2O.ClH/c1-13-12-14-8-5-6-9-15(14)18(13)16(19)10-4-2-3-7-11-17;/h5-6,8-9,13H,2-4,7,10-12,17H2,1H3;1H. The van der Waals surface area contributed by atoms with Gasteiger partial charge in [0.15, 0.2) is 0 Å². The fourth-order valence-corrected chi connectivity index (χ4v) is 2.84. The van der Waals surface area contributed by atoms with Crippen LogP contribution in [0.1, 0.15) is 44.6 Å². The van der Waals surface area contributed by atoms with E-state index in [4.69, 9.17) is 5.73 Å². The molecule has 1 aromatic carbocycles. The molecule has 0 fully saturated rings. The van der Waals surface area contributed by atoms with Crippen LogP contribution in [0.4, 0.5) is 5.69 Å². The third kappa shape index (κ3) is 3.97. The molecular formula is C16H25ClN2O. The molecule has 0 bridgehead atoms. The van der Waals surface area contributed by atoms with Gasteiger partial charge in [0.2, 0.25) is 5.91 Å². The minimum atomic E-state index is 0. The van der Waals surface area contributed by atoms with Crippen molar-refractivity contribution in [1.29, 1.82) is 0 Å². The molecule has 0 aromatic heterocycles. The molecule has 1 aliphatic rings. The highest BCUT2D eigenvalue weighted by Gasteiger charge is 2.29. The molecule has 1 unspecified atom stereocenters. The molecule has 2 rings (SSSR count). The molecule has 112 valence electrons. The lowest BCUT2D eigenvalue weighted by Crippen LogP contribution is -2.35. The molecule has 1 aliphatic heterocycles. The Bertz CT molecular complexity index is 436. The third-order valence-electron chi connectivity index (χ3n) is 3.82. The molecule has 0 aliphatic carbocycles. The fourth-order valence-electron chi connectivity index (χ4n) is 2.84. The van der Waals surface area contributed by atoms with Crippen molar-refractivity contribution in [3.63, 3.8) is 0 Å². The van der Waals surface area contributed by atoms with Gasteiger partial charge in [0.1, 0.15) is 0 Å². The SMILES string of the molecule is CC1Cc2ccccc2N1C(=O)CCCCCCN.Cl. The zero-order chi connectivity index (χ0) is 13.7. The predicted molar refractivity (Wildman–Crippen MR) is 86.5 cm³/mol. The Morgan fingerprint density at radius 3 is 2.70 bits per heavy atom. The highest BCUT2D eigenvalue weighted by molar-refractivity contribution is 5.96. The minimum absolute atomic E-state index is 0. The molecule has 20 heavy (non-hydrogen) atoms. The second-order valence-corrected chi connectivity index (χ2v) is 5.40. The van der Waals surface area contributed by atoms with E-state index in [9.17, 15) is 4.79 Å². The Hall–Kier alpha value is -1.06. The average molecular weight is 297 g/mol. The smallest absolute Gasteiger partial charge is 0.227 e. The molecule has 1 amide bonds. The summed E-state index contributed by atoms with van der Waals surface area (Å²) in [4.78, 5) is 14.3. The average Bonchev–Trinajstić information content (AvgIpc) is 2.74. The number of fused-ring (bicyclic) bond motifs is 1. The number of anilines is 1. The van der Waals surface area contributed by atoms with Crippen LogP contribution in [-0.2, 0) is 11.2 Å². The Morgan fingerprint density at radius 2 is 1.95 bits per heavy atom. The van der Waals surface area contributed by atoms with Crippen molar-refractivity contribution in [2.24, 2.45) is 5.73 Å². The summed E-state index contributed by atoms with van der Waals surface area (Å²) >= 11 is 0. The van der Waals surface area contributed by atoms with Gasteiger partial charge in [0, 0.05) is 18.2 Å². The van der Waals surface area contributed by atoms with E-state index in [2.05, 4.69) is 19.1 Å². The Labute approximate surface area is 127 Å².